The molecule has 1 aromatic carbocycles. The lowest BCUT2D eigenvalue weighted by molar-refractivity contribution is 0.715. The normalized spacial score (nSPS) is 19.3. The summed E-state index contributed by atoms with van der Waals surface area (Å²) in [6, 6.07) is 6.21. The number of H-pyrrole nitrogens is 2. The highest BCUT2D eigenvalue weighted by molar-refractivity contribution is 5.80. The lowest BCUT2D eigenvalue weighted by Gasteiger charge is -2.03. The molecule has 1 atom stereocenters. The summed E-state index contributed by atoms with van der Waals surface area (Å²) in [5, 5.41) is 3.37. The largest absolute Gasteiger partial charge is 0.345 e. The first-order valence-corrected chi connectivity index (χ1v) is 6.59. The summed E-state index contributed by atoms with van der Waals surface area (Å²) in [5.41, 5.74) is 4.25. The molecule has 3 aromatic rings. The molecule has 1 unspecified atom stereocenters. The molecule has 5 heteroatoms. The topological polar surface area (TPSA) is 69.4 Å². The average Bonchev–Trinajstić information content (AvgIpc) is 3.18. The van der Waals surface area contributed by atoms with Gasteiger partial charge >= 0.3 is 0 Å². The Balaban J connectivity index is 1.70. The first kappa shape index (κ1) is 10.8. The Morgan fingerprint density at radius 3 is 3.11 bits per heavy atom. The molecule has 1 aliphatic heterocycles. The van der Waals surface area contributed by atoms with Gasteiger partial charge in [0.1, 0.15) is 5.82 Å². The van der Waals surface area contributed by atoms with Crippen LogP contribution in [-0.2, 0) is 0 Å². The third-order valence-electron chi connectivity index (χ3n) is 3.77. The fourth-order valence-electron chi connectivity index (χ4n) is 2.68. The third kappa shape index (κ3) is 1.82. The van der Waals surface area contributed by atoms with Crippen LogP contribution in [0.5, 0.6) is 0 Å². The van der Waals surface area contributed by atoms with Crippen LogP contribution in [0, 0.1) is 0 Å². The van der Waals surface area contributed by atoms with Gasteiger partial charge in [-0.3, -0.25) is 0 Å². The number of imidazole rings is 2. The van der Waals surface area contributed by atoms with Gasteiger partial charge < -0.3 is 15.3 Å². The van der Waals surface area contributed by atoms with Gasteiger partial charge in [-0.15, -0.1) is 0 Å². The second-order valence-corrected chi connectivity index (χ2v) is 5.01. The summed E-state index contributed by atoms with van der Waals surface area (Å²) in [4.78, 5) is 15.3. The number of rotatable bonds is 2. The molecule has 96 valence electrons. The Morgan fingerprint density at radius 2 is 2.21 bits per heavy atom. The van der Waals surface area contributed by atoms with Gasteiger partial charge in [0.05, 0.1) is 29.3 Å². The summed E-state index contributed by atoms with van der Waals surface area (Å²) >= 11 is 0. The zero-order valence-electron chi connectivity index (χ0n) is 10.5. The number of hydrogen-bond acceptors (Lipinski definition) is 3. The molecule has 1 fully saturated rings. The van der Waals surface area contributed by atoms with E-state index in [0.29, 0.717) is 5.92 Å². The zero-order valence-corrected chi connectivity index (χ0v) is 10.5. The lowest BCUT2D eigenvalue weighted by Crippen LogP contribution is -2.08. The van der Waals surface area contributed by atoms with Crippen LogP contribution in [0.4, 0.5) is 0 Å². The number of aromatic nitrogens is 4. The predicted molar refractivity (Wildman–Crippen MR) is 73.9 cm³/mol. The number of fused-ring (bicyclic) bond motifs is 1. The number of aromatic amines is 2. The molecule has 0 saturated carbocycles. The molecule has 5 nitrogen and oxygen atoms in total. The van der Waals surface area contributed by atoms with Crippen molar-refractivity contribution in [2.45, 2.75) is 12.3 Å². The van der Waals surface area contributed by atoms with E-state index in [0.717, 1.165) is 47.6 Å². The summed E-state index contributed by atoms with van der Waals surface area (Å²) in [6.07, 6.45) is 4.80. The molecule has 3 N–H and O–H groups in total. The van der Waals surface area contributed by atoms with Crippen LogP contribution >= 0.6 is 0 Å². The SMILES string of the molecule is c1nc2ccc(-c3cnc(C4CCNC4)[nH]3)cc2[nH]1. The van der Waals surface area contributed by atoms with Gasteiger partial charge in [0.15, 0.2) is 0 Å². The molecule has 0 spiro atoms. The molecule has 19 heavy (non-hydrogen) atoms. The van der Waals surface area contributed by atoms with E-state index in [4.69, 9.17) is 0 Å². The number of nitrogens with one attached hydrogen (secondary N) is 3. The maximum atomic E-state index is 4.52. The number of benzene rings is 1. The third-order valence-corrected chi connectivity index (χ3v) is 3.77. The quantitative estimate of drug-likeness (QED) is 0.654. The van der Waals surface area contributed by atoms with Crippen molar-refractivity contribution in [3.8, 4) is 11.3 Å². The van der Waals surface area contributed by atoms with E-state index in [1.807, 2.05) is 12.3 Å². The average molecular weight is 253 g/mol. The van der Waals surface area contributed by atoms with Crippen LogP contribution in [0.1, 0.15) is 18.2 Å². The van der Waals surface area contributed by atoms with Gasteiger partial charge in [-0.2, -0.15) is 0 Å². The molecule has 3 heterocycles. The number of nitrogens with zero attached hydrogens (tertiary/aromatic N) is 2. The first-order valence-electron chi connectivity index (χ1n) is 6.59. The summed E-state index contributed by atoms with van der Waals surface area (Å²) < 4.78 is 0. The second-order valence-electron chi connectivity index (χ2n) is 5.01. The minimum Gasteiger partial charge on any atom is -0.345 e. The molecule has 2 aromatic heterocycles. The van der Waals surface area contributed by atoms with Crippen molar-refractivity contribution in [3.63, 3.8) is 0 Å². The van der Waals surface area contributed by atoms with Crippen LogP contribution in [0.3, 0.4) is 0 Å². The van der Waals surface area contributed by atoms with Crippen molar-refractivity contribution in [1.82, 2.24) is 25.3 Å². The standard InChI is InChI=1S/C14H15N5/c1-2-11-12(18-8-17-11)5-9(1)13-7-16-14(19-13)10-3-4-15-6-10/h1-2,5,7-8,10,15H,3-4,6H2,(H,16,19)(H,17,18). The van der Waals surface area contributed by atoms with Gasteiger partial charge in [0.2, 0.25) is 0 Å². The molecule has 0 amide bonds. The second kappa shape index (κ2) is 4.20. The Kier molecular flexibility index (Phi) is 2.38. The van der Waals surface area contributed by atoms with Crippen molar-refractivity contribution in [1.29, 1.82) is 0 Å². The molecule has 4 rings (SSSR count). The van der Waals surface area contributed by atoms with Gasteiger partial charge in [0.25, 0.3) is 0 Å². The molecular weight excluding hydrogens is 238 g/mol. The fourth-order valence-corrected chi connectivity index (χ4v) is 2.68. The number of hydrogen-bond donors (Lipinski definition) is 3. The Bertz CT molecular complexity index is 705. The molecule has 0 aliphatic carbocycles. The van der Waals surface area contributed by atoms with Crippen LogP contribution in [0.2, 0.25) is 0 Å². The van der Waals surface area contributed by atoms with E-state index in [-0.39, 0.29) is 0 Å². The van der Waals surface area contributed by atoms with E-state index in [2.05, 4.69) is 37.4 Å². The summed E-state index contributed by atoms with van der Waals surface area (Å²) in [6.45, 7) is 2.10. The predicted octanol–water partition coefficient (Wildman–Crippen LogP) is 2.03. The highest BCUT2D eigenvalue weighted by Gasteiger charge is 2.19. The van der Waals surface area contributed by atoms with Crippen molar-refractivity contribution in [3.05, 3.63) is 36.5 Å². The lowest BCUT2D eigenvalue weighted by atomic mass is 10.1. The summed E-state index contributed by atoms with van der Waals surface area (Å²) in [5.74, 6) is 1.61. The highest BCUT2D eigenvalue weighted by atomic mass is 15.0. The molecule has 1 saturated heterocycles. The van der Waals surface area contributed by atoms with Gasteiger partial charge in [-0.1, -0.05) is 6.07 Å². The van der Waals surface area contributed by atoms with Crippen molar-refractivity contribution < 1.29 is 0 Å². The van der Waals surface area contributed by atoms with Crippen molar-refractivity contribution in [2.75, 3.05) is 13.1 Å². The molecule has 0 radical (unpaired) electrons. The monoisotopic (exact) mass is 253 g/mol. The van der Waals surface area contributed by atoms with Crippen molar-refractivity contribution >= 4 is 11.0 Å². The Hall–Kier alpha value is -2.14. The van der Waals surface area contributed by atoms with Crippen LogP contribution in [-0.4, -0.2) is 33.0 Å². The van der Waals surface area contributed by atoms with E-state index in [9.17, 15) is 0 Å². The van der Waals surface area contributed by atoms with Gasteiger partial charge in [-0.05, 0) is 25.1 Å². The van der Waals surface area contributed by atoms with E-state index < -0.39 is 0 Å². The van der Waals surface area contributed by atoms with E-state index in [1.165, 1.54) is 0 Å². The minimum absolute atomic E-state index is 0.518. The van der Waals surface area contributed by atoms with Gasteiger partial charge in [0, 0.05) is 18.0 Å². The Morgan fingerprint density at radius 1 is 1.21 bits per heavy atom. The minimum atomic E-state index is 0.518. The molecule has 0 bridgehead atoms. The van der Waals surface area contributed by atoms with Gasteiger partial charge in [-0.25, -0.2) is 9.97 Å². The zero-order chi connectivity index (χ0) is 12.7. The van der Waals surface area contributed by atoms with Crippen LogP contribution < -0.4 is 5.32 Å². The van der Waals surface area contributed by atoms with Crippen molar-refractivity contribution in [2.24, 2.45) is 0 Å². The van der Waals surface area contributed by atoms with E-state index in [1.54, 1.807) is 6.33 Å². The molecular formula is C14H15N5. The first-order chi connectivity index (χ1) is 9.40. The highest BCUT2D eigenvalue weighted by Crippen LogP contribution is 2.25. The molecule has 1 aliphatic rings. The Labute approximate surface area is 110 Å². The van der Waals surface area contributed by atoms with Crippen LogP contribution in [0.15, 0.2) is 30.7 Å². The van der Waals surface area contributed by atoms with Crippen LogP contribution in [0.25, 0.3) is 22.3 Å². The maximum Gasteiger partial charge on any atom is 0.110 e. The fraction of sp³-hybridized carbons (Fsp3) is 0.286. The summed E-state index contributed by atoms with van der Waals surface area (Å²) in [7, 11) is 0. The van der Waals surface area contributed by atoms with E-state index >= 15 is 0 Å². The maximum absolute atomic E-state index is 4.52. The smallest absolute Gasteiger partial charge is 0.110 e.